The van der Waals surface area contributed by atoms with Gasteiger partial charge in [-0.1, -0.05) is 36.0 Å². The number of hydrogen-bond acceptors (Lipinski definition) is 6. The predicted octanol–water partition coefficient (Wildman–Crippen LogP) is 4.29. The van der Waals surface area contributed by atoms with E-state index in [1.165, 1.54) is 6.07 Å². The highest BCUT2D eigenvalue weighted by Gasteiger charge is 2.21. The largest absolute Gasteiger partial charge is 0.366 e. The van der Waals surface area contributed by atoms with Crippen LogP contribution in [0.25, 0.3) is 0 Å². The van der Waals surface area contributed by atoms with Crippen molar-refractivity contribution in [2.45, 2.75) is 24.8 Å². The molecule has 0 unspecified atom stereocenters. The number of thioether (sulfide) groups is 1. The molecular weight excluding hydrogens is 437 g/mol. The van der Waals surface area contributed by atoms with Crippen molar-refractivity contribution in [3.63, 3.8) is 0 Å². The summed E-state index contributed by atoms with van der Waals surface area (Å²) >= 11 is 1.56. The molecule has 172 valence electrons. The quantitative estimate of drug-likeness (QED) is 0.415. The number of aryl methyl sites for hydroxylation is 1. The molecule has 0 spiro atoms. The first-order chi connectivity index (χ1) is 16.0. The van der Waals surface area contributed by atoms with E-state index >= 15 is 0 Å². The number of benzene rings is 2. The Bertz CT molecular complexity index is 1120. The molecule has 1 amide bonds. The van der Waals surface area contributed by atoms with Gasteiger partial charge in [0.25, 0.3) is 5.91 Å². The van der Waals surface area contributed by atoms with Crippen molar-refractivity contribution in [3.8, 4) is 0 Å². The molecule has 33 heavy (non-hydrogen) atoms. The van der Waals surface area contributed by atoms with Crippen LogP contribution < -0.4 is 15.1 Å². The number of halogens is 1. The van der Waals surface area contributed by atoms with Crippen molar-refractivity contribution in [3.05, 3.63) is 77.2 Å². The second-order valence-corrected chi connectivity index (χ2v) is 8.87. The van der Waals surface area contributed by atoms with Gasteiger partial charge in [-0.3, -0.25) is 4.79 Å². The molecule has 1 aromatic heterocycles. The van der Waals surface area contributed by atoms with Crippen molar-refractivity contribution in [2.75, 3.05) is 42.5 Å². The molecule has 2 heterocycles. The molecular formula is C25H28FN5OS. The van der Waals surface area contributed by atoms with E-state index in [9.17, 15) is 9.18 Å². The van der Waals surface area contributed by atoms with E-state index in [0.717, 1.165) is 43.3 Å². The molecule has 1 N–H and O–H groups in total. The zero-order valence-corrected chi connectivity index (χ0v) is 19.7. The van der Waals surface area contributed by atoms with Crippen LogP contribution in [0.4, 0.5) is 15.9 Å². The van der Waals surface area contributed by atoms with Gasteiger partial charge in [-0.2, -0.15) is 0 Å². The Kier molecular flexibility index (Phi) is 7.44. The summed E-state index contributed by atoms with van der Waals surface area (Å²) in [5.74, 6) is 1.33. The summed E-state index contributed by atoms with van der Waals surface area (Å²) in [6.45, 7) is 7.49. The lowest BCUT2D eigenvalue weighted by Crippen LogP contribution is -2.47. The maximum atomic E-state index is 14.1. The third-order valence-corrected chi connectivity index (χ3v) is 6.43. The van der Waals surface area contributed by atoms with Gasteiger partial charge in [0.05, 0.1) is 5.69 Å². The molecule has 8 heteroatoms. The fraction of sp³-hybridized carbons (Fsp3) is 0.320. The number of rotatable bonds is 7. The molecule has 6 nitrogen and oxygen atoms in total. The van der Waals surface area contributed by atoms with Gasteiger partial charge in [0, 0.05) is 55.8 Å². The number of piperazine rings is 1. The van der Waals surface area contributed by atoms with Gasteiger partial charge in [0.2, 0.25) is 0 Å². The zero-order chi connectivity index (χ0) is 23.2. The van der Waals surface area contributed by atoms with Gasteiger partial charge in [0.15, 0.2) is 5.16 Å². The van der Waals surface area contributed by atoms with E-state index in [-0.39, 0.29) is 11.7 Å². The third kappa shape index (κ3) is 5.82. The summed E-state index contributed by atoms with van der Waals surface area (Å²) in [5.41, 5.74) is 3.28. The number of hydrogen-bond donors (Lipinski definition) is 1. The second-order valence-electron chi connectivity index (χ2n) is 7.92. The molecule has 0 bridgehead atoms. The molecule has 3 aromatic rings. The van der Waals surface area contributed by atoms with Crippen LogP contribution in [-0.4, -0.2) is 48.6 Å². The number of anilines is 2. The Balaban J connectivity index is 1.40. The maximum Gasteiger partial charge on any atom is 0.251 e. The van der Waals surface area contributed by atoms with E-state index in [1.807, 2.05) is 56.3 Å². The normalized spacial score (nSPS) is 13.8. The van der Waals surface area contributed by atoms with Crippen LogP contribution in [-0.2, 0) is 5.75 Å². The average molecular weight is 466 g/mol. The van der Waals surface area contributed by atoms with E-state index in [2.05, 4.69) is 20.1 Å². The highest BCUT2D eigenvalue weighted by atomic mass is 32.2. The number of nitrogens with zero attached hydrogens (tertiary/aromatic N) is 4. The zero-order valence-electron chi connectivity index (χ0n) is 18.9. The minimum Gasteiger partial charge on any atom is -0.366 e. The van der Waals surface area contributed by atoms with Gasteiger partial charge in [0.1, 0.15) is 11.6 Å². The van der Waals surface area contributed by atoms with Gasteiger partial charge in [-0.15, -0.1) is 0 Å². The molecule has 4 rings (SSSR count). The number of aromatic nitrogens is 2. The van der Waals surface area contributed by atoms with Gasteiger partial charge in [-0.25, -0.2) is 14.4 Å². The van der Waals surface area contributed by atoms with Crippen LogP contribution in [0.3, 0.4) is 0 Å². The predicted molar refractivity (Wildman–Crippen MR) is 132 cm³/mol. The van der Waals surface area contributed by atoms with Crippen molar-refractivity contribution in [1.29, 1.82) is 0 Å². The smallest absolute Gasteiger partial charge is 0.251 e. The summed E-state index contributed by atoms with van der Waals surface area (Å²) in [4.78, 5) is 25.8. The molecule has 2 aromatic carbocycles. The minimum atomic E-state index is -0.182. The van der Waals surface area contributed by atoms with Crippen molar-refractivity contribution in [2.24, 2.45) is 0 Å². The Morgan fingerprint density at radius 2 is 1.79 bits per heavy atom. The number of nitrogens with one attached hydrogen (secondary N) is 1. The van der Waals surface area contributed by atoms with Crippen molar-refractivity contribution < 1.29 is 9.18 Å². The molecule has 1 saturated heterocycles. The van der Waals surface area contributed by atoms with Crippen LogP contribution in [0.5, 0.6) is 0 Å². The fourth-order valence-electron chi connectivity index (χ4n) is 3.85. The van der Waals surface area contributed by atoms with E-state index in [1.54, 1.807) is 17.8 Å². The van der Waals surface area contributed by atoms with Gasteiger partial charge in [-0.05, 0) is 43.7 Å². The minimum absolute atomic E-state index is 0.0621. The first kappa shape index (κ1) is 23.0. The summed E-state index contributed by atoms with van der Waals surface area (Å²) in [6.07, 6.45) is 0. The fourth-order valence-corrected chi connectivity index (χ4v) is 4.69. The van der Waals surface area contributed by atoms with E-state index in [4.69, 9.17) is 4.98 Å². The van der Waals surface area contributed by atoms with Crippen LogP contribution in [0.15, 0.2) is 59.8 Å². The van der Waals surface area contributed by atoms with Crippen LogP contribution >= 0.6 is 11.8 Å². The lowest BCUT2D eigenvalue weighted by molar-refractivity contribution is 0.0955. The lowest BCUT2D eigenvalue weighted by Gasteiger charge is -2.37. The maximum absolute atomic E-state index is 14.1. The van der Waals surface area contributed by atoms with Gasteiger partial charge < -0.3 is 15.1 Å². The molecule has 0 radical (unpaired) electrons. The van der Waals surface area contributed by atoms with Crippen LogP contribution in [0.1, 0.15) is 28.5 Å². The lowest BCUT2D eigenvalue weighted by atomic mass is 10.1. The highest BCUT2D eigenvalue weighted by Crippen LogP contribution is 2.25. The standard InChI is InChI=1S/C25H28FN5OS/c1-3-27-24(32)20-8-6-7-19(16-20)17-33-25-28-18(2)15-23(29-25)31-13-11-30(12-14-31)22-10-5-4-9-21(22)26/h4-10,15-16H,3,11-14,17H2,1-2H3,(H,27,32). The van der Waals surface area contributed by atoms with Crippen molar-refractivity contribution in [1.82, 2.24) is 15.3 Å². The Hall–Kier alpha value is -3.13. The second kappa shape index (κ2) is 10.7. The Morgan fingerprint density at radius 1 is 1.03 bits per heavy atom. The average Bonchev–Trinajstić information content (AvgIpc) is 2.83. The summed E-state index contributed by atoms with van der Waals surface area (Å²) in [7, 11) is 0. The molecule has 0 atom stereocenters. The van der Waals surface area contributed by atoms with E-state index < -0.39 is 0 Å². The first-order valence-corrected chi connectivity index (χ1v) is 12.1. The van der Waals surface area contributed by atoms with Gasteiger partial charge >= 0.3 is 0 Å². The number of para-hydroxylation sites is 1. The summed E-state index contributed by atoms with van der Waals surface area (Å²) < 4.78 is 14.1. The number of amides is 1. The Labute approximate surface area is 198 Å². The van der Waals surface area contributed by atoms with Crippen LogP contribution in [0.2, 0.25) is 0 Å². The molecule has 0 saturated carbocycles. The summed E-state index contributed by atoms with van der Waals surface area (Å²) in [6, 6.07) is 16.6. The van der Waals surface area contributed by atoms with E-state index in [0.29, 0.717) is 28.7 Å². The van der Waals surface area contributed by atoms with Crippen molar-refractivity contribution >= 4 is 29.2 Å². The third-order valence-electron chi connectivity index (χ3n) is 5.51. The highest BCUT2D eigenvalue weighted by molar-refractivity contribution is 7.98. The Morgan fingerprint density at radius 3 is 2.55 bits per heavy atom. The summed E-state index contributed by atoms with van der Waals surface area (Å²) in [5, 5.41) is 3.54. The topological polar surface area (TPSA) is 61.4 Å². The molecule has 0 aliphatic carbocycles. The first-order valence-electron chi connectivity index (χ1n) is 11.1. The SMILES string of the molecule is CCNC(=O)c1cccc(CSc2nc(C)cc(N3CCN(c4ccccc4F)CC3)n2)c1. The monoisotopic (exact) mass is 465 g/mol. The number of carbonyl (C=O) groups is 1. The number of carbonyl (C=O) groups excluding carboxylic acids is 1. The van der Waals surface area contributed by atoms with Crippen LogP contribution in [0, 0.1) is 12.7 Å². The molecule has 1 aliphatic heterocycles. The molecule has 1 aliphatic rings. The molecule has 1 fully saturated rings.